The van der Waals surface area contributed by atoms with Crippen molar-refractivity contribution in [3.05, 3.63) is 52.0 Å². The zero-order valence-corrected chi connectivity index (χ0v) is 10.1. The summed E-state index contributed by atoms with van der Waals surface area (Å²) in [5.74, 6) is 5.85. The molecule has 5 heteroatoms. The maximum Gasteiger partial charge on any atom is 0.124 e. The monoisotopic (exact) mass is 252 g/mol. The Hall–Kier alpha value is -1.43. The number of halogens is 1. The Labute approximate surface area is 103 Å². The number of ether oxygens (including phenoxy) is 1. The molecule has 0 aliphatic carbocycles. The van der Waals surface area contributed by atoms with E-state index in [1.165, 1.54) is 12.1 Å². The Morgan fingerprint density at radius 3 is 2.82 bits per heavy atom. The molecule has 0 aliphatic heterocycles. The molecule has 2 aromatic rings. The average molecular weight is 252 g/mol. The summed E-state index contributed by atoms with van der Waals surface area (Å²) in [5, 5.41) is 3.92. The van der Waals surface area contributed by atoms with Crippen LogP contribution in [0.4, 0.5) is 4.39 Å². The highest BCUT2D eigenvalue weighted by Gasteiger charge is 2.18. The number of hydrazine groups is 1. The van der Waals surface area contributed by atoms with Crippen molar-refractivity contribution in [3.63, 3.8) is 0 Å². The van der Waals surface area contributed by atoms with E-state index in [-0.39, 0.29) is 11.9 Å². The fraction of sp³-hybridized carbons (Fsp3) is 0.167. The normalized spacial score (nSPS) is 12.4. The molecule has 0 bridgehead atoms. The molecule has 3 nitrogen and oxygen atoms in total. The van der Waals surface area contributed by atoms with E-state index in [0.717, 1.165) is 5.56 Å². The highest BCUT2D eigenvalue weighted by atomic mass is 32.1. The third kappa shape index (κ3) is 2.46. The van der Waals surface area contributed by atoms with Gasteiger partial charge in [-0.2, -0.15) is 11.3 Å². The van der Waals surface area contributed by atoms with Crippen LogP contribution in [-0.2, 0) is 0 Å². The van der Waals surface area contributed by atoms with Gasteiger partial charge in [0.1, 0.15) is 11.6 Å². The largest absolute Gasteiger partial charge is 0.496 e. The fourth-order valence-electron chi connectivity index (χ4n) is 1.74. The lowest BCUT2D eigenvalue weighted by Crippen LogP contribution is -2.28. The summed E-state index contributed by atoms with van der Waals surface area (Å²) < 4.78 is 18.5. The molecule has 1 atom stereocenters. The summed E-state index contributed by atoms with van der Waals surface area (Å²) in [6.45, 7) is 0. The van der Waals surface area contributed by atoms with Crippen molar-refractivity contribution in [1.82, 2.24) is 5.43 Å². The summed E-state index contributed by atoms with van der Waals surface area (Å²) in [5.41, 5.74) is 4.36. The second-order valence-electron chi connectivity index (χ2n) is 3.54. The van der Waals surface area contributed by atoms with E-state index >= 15 is 0 Å². The number of nitrogens with two attached hydrogens (primary N) is 1. The van der Waals surface area contributed by atoms with Crippen LogP contribution in [-0.4, -0.2) is 7.11 Å². The van der Waals surface area contributed by atoms with Gasteiger partial charge in [-0.1, -0.05) is 0 Å². The first-order valence-corrected chi connectivity index (χ1v) is 6.02. The predicted octanol–water partition coefficient (Wildman–Crippen LogP) is 2.45. The molecule has 1 aromatic heterocycles. The second kappa shape index (κ2) is 5.27. The Morgan fingerprint density at radius 2 is 2.24 bits per heavy atom. The van der Waals surface area contributed by atoms with Gasteiger partial charge in [0.05, 0.1) is 13.2 Å². The quantitative estimate of drug-likeness (QED) is 0.649. The van der Waals surface area contributed by atoms with Crippen molar-refractivity contribution in [2.45, 2.75) is 6.04 Å². The molecule has 0 saturated carbocycles. The SMILES string of the molecule is COc1ccc(F)cc1C(NN)c1ccsc1. The molecule has 17 heavy (non-hydrogen) atoms. The molecule has 0 saturated heterocycles. The maximum absolute atomic E-state index is 13.3. The molecule has 0 radical (unpaired) electrons. The van der Waals surface area contributed by atoms with Gasteiger partial charge in [0.2, 0.25) is 0 Å². The van der Waals surface area contributed by atoms with E-state index < -0.39 is 0 Å². The van der Waals surface area contributed by atoms with Crippen molar-refractivity contribution >= 4 is 11.3 Å². The van der Waals surface area contributed by atoms with Crippen LogP contribution in [0.15, 0.2) is 35.0 Å². The lowest BCUT2D eigenvalue weighted by atomic mass is 10.0. The average Bonchev–Trinajstić information content (AvgIpc) is 2.84. The summed E-state index contributed by atoms with van der Waals surface area (Å²) in [6.07, 6.45) is 0. The first-order valence-electron chi connectivity index (χ1n) is 5.08. The molecule has 3 N–H and O–H groups in total. The molecular formula is C12H13FN2OS. The van der Waals surface area contributed by atoms with Crippen LogP contribution in [0.2, 0.25) is 0 Å². The zero-order chi connectivity index (χ0) is 12.3. The number of rotatable bonds is 4. The third-order valence-electron chi connectivity index (χ3n) is 2.55. The van der Waals surface area contributed by atoms with E-state index in [1.807, 2.05) is 16.8 Å². The Kier molecular flexibility index (Phi) is 3.73. The summed E-state index contributed by atoms with van der Waals surface area (Å²) in [7, 11) is 1.55. The molecule has 0 spiro atoms. The maximum atomic E-state index is 13.3. The van der Waals surface area contributed by atoms with Crippen molar-refractivity contribution < 1.29 is 9.13 Å². The van der Waals surface area contributed by atoms with Gasteiger partial charge in [0, 0.05) is 5.56 Å². The van der Waals surface area contributed by atoms with Crippen LogP contribution in [0.3, 0.4) is 0 Å². The first-order chi connectivity index (χ1) is 8.26. The van der Waals surface area contributed by atoms with Crippen LogP contribution in [0, 0.1) is 5.82 Å². The molecule has 2 rings (SSSR count). The van der Waals surface area contributed by atoms with Gasteiger partial charge in [-0.25, -0.2) is 9.82 Å². The Bertz CT molecular complexity index is 487. The molecule has 1 unspecified atom stereocenters. The van der Waals surface area contributed by atoms with Gasteiger partial charge in [0.15, 0.2) is 0 Å². The Balaban J connectivity index is 2.46. The van der Waals surface area contributed by atoms with Crippen LogP contribution >= 0.6 is 11.3 Å². The number of thiophene rings is 1. The van der Waals surface area contributed by atoms with Gasteiger partial charge in [-0.15, -0.1) is 0 Å². The molecular weight excluding hydrogens is 239 g/mol. The lowest BCUT2D eigenvalue weighted by Gasteiger charge is -2.18. The number of benzene rings is 1. The topological polar surface area (TPSA) is 47.3 Å². The number of nitrogens with one attached hydrogen (secondary N) is 1. The highest BCUT2D eigenvalue weighted by molar-refractivity contribution is 7.08. The van der Waals surface area contributed by atoms with Crippen LogP contribution in [0.5, 0.6) is 5.75 Å². The minimum absolute atomic E-state index is 0.271. The van der Waals surface area contributed by atoms with Crippen LogP contribution in [0.1, 0.15) is 17.2 Å². The van der Waals surface area contributed by atoms with Crippen LogP contribution < -0.4 is 16.0 Å². The van der Waals surface area contributed by atoms with E-state index in [1.54, 1.807) is 24.5 Å². The number of hydrogen-bond acceptors (Lipinski definition) is 4. The fourth-order valence-corrected chi connectivity index (χ4v) is 2.42. The summed E-state index contributed by atoms with van der Waals surface area (Å²) in [4.78, 5) is 0. The zero-order valence-electron chi connectivity index (χ0n) is 9.31. The van der Waals surface area contributed by atoms with Crippen LogP contribution in [0.25, 0.3) is 0 Å². The summed E-state index contributed by atoms with van der Waals surface area (Å²) >= 11 is 1.57. The summed E-state index contributed by atoms with van der Waals surface area (Å²) in [6, 6.07) is 6.07. The Morgan fingerprint density at radius 1 is 1.41 bits per heavy atom. The van der Waals surface area contributed by atoms with Crippen molar-refractivity contribution in [2.24, 2.45) is 5.84 Å². The van der Waals surface area contributed by atoms with E-state index in [4.69, 9.17) is 10.6 Å². The molecule has 1 heterocycles. The molecule has 0 aliphatic rings. The smallest absolute Gasteiger partial charge is 0.124 e. The lowest BCUT2D eigenvalue weighted by molar-refractivity contribution is 0.402. The first kappa shape index (κ1) is 12.0. The van der Waals surface area contributed by atoms with Gasteiger partial charge in [-0.05, 0) is 40.6 Å². The van der Waals surface area contributed by atoms with Gasteiger partial charge in [0.25, 0.3) is 0 Å². The van der Waals surface area contributed by atoms with Gasteiger partial charge < -0.3 is 4.74 Å². The number of methoxy groups -OCH3 is 1. The van der Waals surface area contributed by atoms with Crippen molar-refractivity contribution in [3.8, 4) is 5.75 Å². The van der Waals surface area contributed by atoms with Crippen molar-refractivity contribution in [2.75, 3.05) is 7.11 Å². The van der Waals surface area contributed by atoms with E-state index in [2.05, 4.69) is 5.43 Å². The van der Waals surface area contributed by atoms with Gasteiger partial charge in [-0.3, -0.25) is 5.84 Å². The third-order valence-corrected chi connectivity index (χ3v) is 3.25. The molecule has 0 amide bonds. The number of hydrogen-bond donors (Lipinski definition) is 2. The second-order valence-corrected chi connectivity index (χ2v) is 4.32. The van der Waals surface area contributed by atoms with E-state index in [0.29, 0.717) is 11.3 Å². The standard InChI is InChI=1S/C12H13FN2OS/c1-16-11-3-2-9(13)6-10(11)12(15-14)8-4-5-17-7-8/h2-7,12,15H,14H2,1H3. The molecule has 1 aromatic carbocycles. The minimum Gasteiger partial charge on any atom is -0.496 e. The minimum atomic E-state index is -0.309. The molecule has 0 fully saturated rings. The molecule has 90 valence electrons. The predicted molar refractivity (Wildman–Crippen MR) is 66.4 cm³/mol. The van der Waals surface area contributed by atoms with Gasteiger partial charge >= 0.3 is 0 Å². The van der Waals surface area contributed by atoms with E-state index in [9.17, 15) is 4.39 Å². The van der Waals surface area contributed by atoms with Crippen molar-refractivity contribution in [1.29, 1.82) is 0 Å². The highest BCUT2D eigenvalue weighted by Crippen LogP contribution is 2.31.